The smallest absolute Gasteiger partial charge is 0.253 e. The number of benzene rings is 1. The highest BCUT2D eigenvalue weighted by atomic mass is 35.5. The standard InChI is InChI=1S/C27H37Cl2N3O3S2/c1-17-21(26(33)30-13-19-15-36(34)16-19)12-22(32(17)14-18-8-6-5-7-9-18)20-10-11-23(25(29)24(20)28)37(35)31-27(2,3)4/h10-12,18-19,31H,5-9,13-16H2,1-4H3,(H,30,33). The second-order valence-corrected chi connectivity index (χ2v) is 14.8. The van der Waals surface area contributed by atoms with Crippen LogP contribution in [0.5, 0.6) is 0 Å². The van der Waals surface area contributed by atoms with Crippen molar-refractivity contribution in [2.24, 2.45) is 11.8 Å². The van der Waals surface area contributed by atoms with Crippen LogP contribution in [0, 0.1) is 18.8 Å². The van der Waals surface area contributed by atoms with Crippen LogP contribution in [-0.2, 0) is 28.3 Å². The van der Waals surface area contributed by atoms with E-state index in [0.29, 0.717) is 39.4 Å². The minimum atomic E-state index is -1.52. The molecule has 204 valence electrons. The van der Waals surface area contributed by atoms with Crippen LogP contribution in [0.15, 0.2) is 23.1 Å². The van der Waals surface area contributed by atoms with Crippen molar-refractivity contribution in [1.82, 2.24) is 14.6 Å². The Morgan fingerprint density at radius 2 is 1.78 bits per heavy atom. The highest BCUT2D eigenvalue weighted by Crippen LogP contribution is 2.40. The van der Waals surface area contributed by atoms with E-state index >= 15 is 0 Å². The van der Waals surface area contributed by atoms with Gasteiger partial charge in [-0.05, 0) is 64.5 Å². The van der Waals surface area contributed by atoms with E-state index in [1.165, 1.54) is 32.1 Å². The number of hydrogen-bond donors (Lipinski definition) is 2. The lowest BCUT2D eigenvalue weighted by Crippen LogP contribution is -2.41. The molecular formula is C27H37Cl2N3O3S2. The molecule has 0 spiro atoms. The van der Waals surface area contributed by atoms with Crippen LogP contribution >= 0.6 is 23.2 Å². The molecule has 10 heteroatoms. The minimum Gasteiger partial charge on any atom is -0.352 e. The van der Waals surface area contributed by atoms with E-state index in [9.17, 15) is 13.2 Å². The van der Waals surface area contributed by atoms with Crippen LogP contribution in [0.2, 0.25) is 10.0 Å². The Bertz CT molecular complexity index is 1210. The van der Waals surface area contributed by atoms with Gasteiger partial charge in [0.2, 0.25) is 0 Å². The number of nitrogens with zero attached hydrogens (tertiary/aromatic N) is 1. The molecule has 1 saturated carbocycles. The zero-order chi connectivity index (χ0) is 26.9. The molecule has 2 heterocycles. The lowest BCUT2D eigenvalue weighted by atomic mass is 9.89. The molecule has 37 heavy (non-hydrogen) atoms. The largest absolute Gasteiger partial charge is 0.352 e. The fraction of sp³-hybridized carbons (Fsp3) is 0.593. The molecule has 6 nitrogen and oxygen atoms in total. The first-order chi connectivity index (χ1) is 17.4. The molecule has 2 aromatic rings. The lowest BCUT2D eigenvalue weighted by molar-refractivity contribution is 0.0948. The van der Waals surface area contributed by atoms with E-state index in [2.05, 4.69) is 14.6 Å². The van der Waals surface area contributed by atoms with Gasteiger partial charge in [0.15, 0.2) is 0 Å². The molecule has 2 fully saturated rings. The average molecular weight is 587 g/mol. The van der Waals surface area contributed by atoms with Crippen LogP contribution in [0.1, 0.15) is 68.9 Å². The van der Waals surface area contributed by atoms with Crippen molar-refractivity contribution < 1.29 is 13.2 Å². The average Bonchev–Trinajstić information content (AvgIpc) is 3.13. The first-order valence-corrected chi connectivity index (χ1v) is 16.3. The number of rotatable bonds is 8. The first-order valence-electron chi connectivity index (χ1n) is 13.0. The molecule has 1 aliphatic carbocycles. The molecule has 2 aliphatic rings. The second kappa shape index (κ2) is 11.9. The molecule has 0 bridgehead atoms. The van der Waals surface area contributed by atoms with Gasteiger partial charge in [0.05, 0.1) is 26.2 Å². The quantitative estimate of drug-likeness (QED) is 0.406. The molecule has 1 amide bonds. The summed E-state index contributed by atoms with van der Waals surface area (Å²) >= 11 is 13.5. The van der Waals surface area contributed by atoms with E-state index in [0.717, 1.165) is 23.5 Å². The predicted molar refractivity (Wildman–Crippen MR) is 154 cm³/mol. The molecule has 1 aromatic heterocycles. The van der Waals surface area contributed by atoms with Gasteiger partial charge in [-0.1, -0.05) is 48.5 Å². The number of nitrogens with one attached hydrogen (secondary N) is 2. The Hall–Kier alpha value is -1.19. The van der Waals surface area contributed by atoms with E-state index < -0.39 is 21.8 Å². The van der Waals surface area contributed by atoms with Crippen LogP contribution < -0.4 is 10.0 Å². The summed E-state index contributed by atoms with van der Waals surface area (Å²) in [5.74, 6) is 1.99. The molecule has 1 aliphatic heterocycles. The molecule has 1 aromatic carbocycles. The zero-order valence-corrected chi connectivity index (χ0v) is 25.1. The Morgan fingerprint density at radius 3 is 2.41 bits per heavy atom. The lowest BCUT2D eigenvalue weighted by Gasteiger charge is -2.25. The summed E-state index contributed by atoms with van der Waals surface area (Å²) in [6.07, 6.45) is 6.06. The maximum absolute atomic E-state index is 13.2. The summed E-state index contributed by atoms with van der Waals surface area (Å²) < 4.78 is 29.6. The highest BCUT2D eigenvalue weighted by Gasteiger charge is 2.28. The van der Waals surface area contributed by atoms with Gasteiger partial charge in [0.25, 0.3) is 5.91 Å². The fourth-order valence-electron chi connectivity index (χ4n) is 5.09. The number of carbonyl (C=O) groups is 1. The van der Waals surface area contributed by atoms with Crippen LogP contribution in [-0.4, -0.2) is 42.5 Å². The van der Waals surface area contributed by atoms with Crippen LogP contribution in [0.3, 0.4) is 0 Å². The van der Waals surface area contributed by atoms with Crippen molar-refractivity contribution in [2.75, 3.05) is 18.1 Å². The van der Waals surface area contributed by atoms with Gasteiger partial charge in [0.1, 0.15) is 11.0 Å². The molecule has 2 N–H and O–H groups in total. The summed E-state index contributed by atoms with van der Waals surface area (Å²) in [6.45, 7) is 9.13. The normalized spacial score (nSPS) is 21.5. The van der Waals surface area contributed by atoms with Gasteiger partial charge in [0, 0.05) is 52.2 Å². The van der Waals surface area contributed by atoms with Gasteiger partial charge in [-0.25, -0.2) is 8.93 Å². The summed E-state index contributed by atoms with van der Waals surface area (Å²) in [5, 5.41) is 3.61. The third-order valence-electron chi connectivity index (χ3n) is 7.09. The predicted octanol–water partition coefficient (Wildman–Crippen LogP) is 5.87. The van der Waals surface area contributed by atoms with Crippen molar-refractivity contribution in [2.45, 2.75) is 76.8 Å². The Kier molecular flexibility index (Phi) is 9.27. The van der Waals surface area contributed by atoms with Gasteiger partial charge in [-0.2, -0.15) is 0 Å². The van der Waals surface area contributed by atoms with Crippen molar-refractivity contribution in [1.29, 1.82) is 0 Å². The third kappa shape index (κ3) is 6.88. The Balaban J connectivity index is 1.68. The van der Waals surface area contributed by atoms with E-state index in [4.69, 9.17) is 23.2 Å². The Labute approximate surface area is 235 Å². The molecule has 0 radical (unpaired) electrons. The SMILES string of the molecule is Cc1c(C(=O)NCC2CS(=O)C2)cc(-c2ccc(S(=O)NC(C)(C)C)c(Cl)c2Cl)n1CC1CCCCC1. The number of hydrogen-bond acceptors (Lipinski definition) is 3. The third-order valence-corrected chi connectivity index (χ3v) is 11.3. The topological polar surface area (TPSA) is 80.2 Å². The number of aromatic nitrogens is 1. The zero-order valence-electron chi connectivity index (χ0n) is 22.0. The maximum atomic E-state index is 13.2. The van der Waals surface area contributed by atoms with Gasteiger partial charge in [-0.3, -0.25) is 9.00 Å². The number of halogens is 2. The molecule has 1 atom stereocenters. The van der Waals surface area contributed by atoms with Gasteiger partial charge >= 0.3 is 0 Å². The first kappa shape index (κ1) is 28.8. The van der Waals surface area contributed by atoms with E-state index in [1.54, 1.807) is 6.07 Å². The highest BCUT2D eigenvalue weighted by molar-refractivity contribution is 7.86. The molecular weight excluding hydrogens is 549 g/mol. The fourth-order valence-corrected chi connectivity index (χ4v) is 8.10. The summed E-state index contributed by atoms with van der Waals surface area (Å²) in [6, 6.07) is 5.50. The van der Waals surface area contributed by atoms with E-state index in [-0.39, 0.29) is 22.4 Å². The Morgan fingerprint density at radius 1 is 1.11 bits per heavy atom. The number of amides is 1. The van der Waals surface area contributed by atoms with Gasteiger partial charge < -0.3 is 9.88 Å². The number of carbonyl (C=O) groups excluding carboxylic acids is 1. The summed E-state index contributed by atoms with van der Waals surface area (Å²) in [5.41, 5.74) is 2.70. The van der Waals surface area contributed by atoms with Crippen LogP contribution in [0.4, 0.5) is 0 Å². The molecule has 4 rings (SSSR count). The van der Waals surface area contributed by atoms with Crippen molar-refractivity contribution in [3.63, 3.8) is 0 Å². The summed E-state index contributed by atoms with van der Waals surface area (Å²) in [4.78, 5) is 13.6. The van der Waals surface area contributed by atoms with Crippen LogP contribution in [0.25, 0.3) is 11.3 Å². The molecule has 1 unspecified atom stereocenters. The maximum Gasteiger partial charge on any atom is 0.253 e. The summed E-state index contributed by atoms with van der Waals surface area (Å²) in [7, 11) is -2.26. The van der Waals surface area contributed by atoms with Crippen molar-refractivity contribution in [3.8, 4) is 11.3 Å². The monoisotopic (exact) mass is 585 g/mol. The minimum absolute atomic E-state index is 0.131. The molecule has 1 saturated heterocycles. The van der Waals surface area contributed by atoms with Crippen molar-refractivity contribution in [3.05, 3.63) is 39.5 Å². The van der Waals surface area contributed by atoms with Crippen molar-refractivity contribution >= 4 is 50.9 Å². The second-order valence-electron chi connectivity index (χ2n) is 11.4. The van der Waals surface area contributed by atoms with E-state index in [1.807, 2.05) is 39.8 Å². The van der Waals surface area contributed by atoms with Gasteiger partial charge in [-0.15, -0.1) is 0 Å².